The standard InChI is InChI=1S/C11H9FN2O2S/c12-9-2-1-7(5-8(9)11(15)16)14-6-10-13-3-4-17-10/h1-5,14H,6H2,(H,15,16). The summed E-state index contributed by atoms with van der Waals surface area (Å²) in [5, 5.41) is 14.5. The average Bonchev–Trinajstić information content (AvgIpc) is 2.80. The molecule has 0 aliphatic carbocycles. The van der Waals surface area contributed by atoms with Gasteiger partial charge in [0, 0.05) is 17.3 Å². The van der Waals surface area contributed by atoms with Crippen molar-refractivity contribution in [3.05, 3.63) is 46.2 Å². The van der Waals surface area contributed by atoms with Crippen molar-refractivity contribution in [1.82, 2.24) is 4.98 Å². The maximum Gasteiger partial charge on any atom is 0.338 e. The van der Waals surface area contributed by atoms with Crippen molar-refractivity contribution < 1.29 is 14.3 Å². The Kier molecular flexibility index (Phi) is 3.34. The first-order chi connectivity index (χ1) is 8.16. The molecule has 0 spiro atoms. The molecule has 4 nitrogen and oxygen atoms in total. The lowest BCUT2D eigenvalue weighted by Gasteiger charge is -2.05. The first kappa shape index (κ1) is 11.5. The second-order valence-electron chi connectivity index (χ2n) is 3.28. The first-order valence-corrected chi connectivity index (χ1v) is 5.70. The summed E-state index contributed by atoms with van der Waals surface area (Å²) >= 11 is 1.49. The molecule has 0 aliphatic rings. The largest absolute Gasteiger partial charge is 0.478 e. The zero-order valence-electron chi connectivity index (χ0n) is 8.68. The van der Waals surface area contributed by atoms with Crippen LogP contribution < -0.4 is 5.32 Å². The number of aromatic carboxylic acids is 1. The van der Waals surface area contributed by atoms with Gasteiger partial charge in [0.25, 0.3) is 0 Å². The lowest BCUT2D eigenvalue weighted by atomic mass is 10.2. The Morgan fingerprint density at radius 3 is 3.00 bits per heavy atom. The Morgan fingerprint density at radius 2 is 2.35 bits per heavy atom. The van der Waals surface area contributed by atoms with Gasteiger partial charge in [-0.05, 0) is 18.2 Å². The van der Waals surface area contributed by atoms with Crippen molar-refractivity contribution in [2.24, 2.45) is 0 Å². The molecule has 6 heteroatoms. The first-order valence-electron chi connectivity index (χ1n) is 4.82. The molecule has 0 aliphatic heterocycles. The number of nitrogens with zero attached hydrogens (tertiary/aromatic N) is 1. The van der Waals surface area contributed by atoms with Crippen molar-refractivity contribution in [1.29, 1.82) is 0 Å². The van der Waals surface area contributed by atoms with E-state index in [-0.39, 0.29) is 5.56 Å². The van der Waals surface area contributed by atoms with E-state index < -0.39 is 11.8 Å². The van der Waals surface area contributed by atoms with Crippen LogP contribution in [0.4, 0.5) is 10.1 Å². The minimum atomic E-state index is -1.28. The minimum absolute atomic E-state index is 0.339. The van der Waals surface area contributed by atoms with Crippen LogP contribution in [-0.4, -0.2) is 16.1 Å². The lowest BCUT2D eigenvalue weighted by Crippen LogP contribution is -2.04. The van der Waals surface area contributed by atoms with E-state index >= 15 is 0 Å². The quantitative estimate of drug-likeness (QED) is 0.878. The number of hydrogen-bond donors (Lipinski definition) is 2. The summed E-state index contributed by atoms with van der Waals surface area (Å²) < 4.78 is 13.1. The van der Waals surface area contributed by atoms with Crippen LogP contribution in [0.2, 0.25) is 0 Å². The number of carboxylic acids is 1. The molecule has 1 aromatic carbocycles. The molecule has 0 saturated heterocycles. The van der Waals surface area contributed by atoms with E-state index in [1.54, 1.807) is 6.20 Å². The van der Waals surface area contributed by atoms with E-state index in [1.165, 1.54) is 23.5 Å². The van der Waals surface area contributed by atoms with E-state index in [4.69, 9.17) is 5.11 Å². The highest BCUT2D eigenvalue weighted by atomic mass is 32.1. The van der Waals surface area contributed by atoms with Crippen molar-refractivity contribution in [3.63, 3.8) is 0 Å². The highest BCUT2D eigenvalue weighted by Crippen LogP contribution is 2.16. The van der Waals surface area contributed by atoms with Gasteiger partial charge >= 0.3 is 5.97 Å². The summed E-state index contributed by atoms with van der Waals surface area (Å²) in [4.78, 5) is 14.8. The number of aromatic nitrogens is 1. The maximum atomic E-state index is 13.1. The molecule has 2 rings (SSSR count). The van der Waals surface area contributed by atoms with Crippen LogP contribution in [0.5, 0.6) is 0 Å². The number of carboxylic acid groups (broad SMARTS) is 1. The second kappa shape index (κ2) is 4.92. The fourth-order valence-corrected chi connectivity index (χ4v) is 1.87. The number of carbonyl (C=O) groups is 1. The number of hydrogen-bond acceptors (Lipinski definition) is 4. The number of anilines is 1. The summed E-state index contributed by atoms with van der Waals surface area (Å²) in [5.41, 5.74) is 0.216. The third-order valence-electron chi connectivity index (χ3n) is 2.12. The molecule has 0 unspecified atom stereocenters. The summed E-state index contributed by atoms with van der Waals surface area (Å²) in [7, 11) is 0. The smallest absolute Gasteiger partial charge is 0.338 e. The van der Waals surface area contributed by atoms with Crippen molar-refractivity contribution in [3.8, 4) is 0 Å². The van der Waals surface area contributed by atoms with E-state index in [2.05, 4.69) is 10.3 Å². The molecular weight excluding hydrogens is 243 g/mol. The minimum Gasteiger partial charge on any atom is -0.478 e. The van der Waals surface area contributed by atoms with Crippen LogP contribution in [0.25, 0.3) is 0 Å². The molecule has 2 aromatic rings. The summed E-state index contributed by atoms with van der Waals surface area (Å²) in [6, 6.07) is 3.90. The third kappa shape index (κ3) is 2.79. The average molecular weight is 252 g/mol. The maximum absolute atomic E-state index is 13.1. The predicted octanol–water partition coefficient (Wildman–Crippen LogP) is 2.59. The molecule has 0 fully saturated rings. The summed E-state index contributed by atoms with van der Waals surface area (Å²) in [6.45, 7) is 0.488. The number of nitrogens with one attached hydrogen (secondary N) is 1. The molecule has 88 valence electrons. The van der Waals surface area contributed by atoms with Gasteiger partial charge in [-0.3, -0.25) is 0 Å². The number of thiazole rings is 1. The lowest BCUT2D eigenvalue weighted by molar-refractivity contribution is 0.0692. The number of benzene rings is 1. The fourth-order valence-electron chi connectivity index (χ4n) is 1.32. The van der Waals surface area contributed by atoms with Gasteiger partial charge in [-0.15, -0.1) is 11.3 Å². The van der Waals surface area contributed by atoms with Crippen molar-refractivity contribution in [2.45, 2.75) is 6.54 Å². The molecule has 1 aromatic heterocycles. The summed E-state index contributed by atoms with van der Waals surface area (Å²) in [6.07, 6.45) is 1.69. The van der Waals surface area contributed by atoms with Gasteiger partial charge in [0.15, 0.2) is 0 Å². The topological polar surface area (TPSA) is 62.2 Å². The third-order valence-corrected chi connectivity index (χ3v) is 2.90. The molecule has 0 bridgehead atoms. The Labute approximate surface area is 101 Å². The van der Waals surface area contributed by atoms with Crippen LogP contribution in [0.1, 0.15) is 15.4 Å². The van der Waals surface area contributed by atoms with Crippen LogP contribution in [0.15, 0.2) is 29.8 Å². The van der Waals surface area contributed by atoms with E-state index in [9.17, 15) is 9.18 Å². The molecule has 0 amide bonds. The van der Waals surface area contributed by atoms with Crippen molar-refractivity contribution >= 4 is 23.0 Å². The van der Waals surface area contributed by atoms with E-state index in [0.29, 0.717) is 12.2 Å². The van der Waals surface area contributed by atoms with Crippen LogP contribution in [0.3, 0.4) is 0 Å². The number of halogens is 1. The number of rotatable bonds is 4. The van der Waals surface area contributed by atoms with Gasteiger partial charge in [0.1, 0.15) is 10.8 Å². The Bertz CT molecular complexity index is 528. The van der Waals surface area contributed by atoms with Gasteiger partial charge in [0.2, 0.25) is 0 Å². The van der Waals surface area contributed by atoms with Gasteiger partial charge < -0.3 is 10.4 Å². The monoisotopic (exact) mass is 252 g/mol. The zero-order valence-corrected chi connectivity index (χ0v) is 9.50. The zero-order chi connectivity index (χ0) is 12.3. The second-order valence-corrected chi connectivity index (χ2v) is 4.26. The van der Waals surface area contributed by atoms with Crippen LogP contribution in [0, 0.1) is 5.82 Å². The fraction of sp³-hybridized carbons (Fsp3) is 0.0909. The van der Waals surface area contributed by atoms with Crippen LogP contribution >= 0.6 is 11.3 Å². The van der Waals surface area contributed by atoms with Gasteiger partial charge in [-0.2, -0.15) is 0 Å². The van der Waals surface area contributed by atoms with E-state index in [0.717, 1.165) is 11.1 Å². The van der Waals surface area contributed by atoms with Gasteiger partial charge in [0.05, 0.1) is 12.1 Å². The van der Waals surface area contributed by atoms with Crippen LogP contribution in [-0.2, 0) is 6.54 Å². The van der Waals surface area contributed by atoms with Crippen molar-refractivity contribution in [2.75, 3.05) is 5.32 Å². The Balaban J connectivity index is 2.11. The molecule has 0 atom stereocenters. The highest BCUT2D eigenvalue weighted by Gasteiger charge is 2.10. The Hall–Kier alpha value is -1.95. The molecular formula is C11H9FN2O2S. The predicted molar refractivity (Wildman–Crippen MR) is 62.8 cm³/mol. The normalized spacial score (nSPS) is 10.2. The Morgan fingerprint density at radius 1 is 1.53 bits per heavy atom. The van der Waals surface area contributed by atoms with E-state index in [1.807, 2.05) is 5.38 Å². The molecule has 17 heavy (non-hydrogen) atoms. The highest BCUT2D eigenvalue weighted by molar-refractivity contribution is 7.09. The molecule has 0 saturated carbocycles. The molecule has 1 heterocycles. The van der Waals surface area contributed by atoms with Gasteiger partial charge in [-0.1, -0.05) is 0 Å². The SMILES string of the molecule is O=C(O)c1cc(NCc2nccs2)ccc1F. The molecule has 2 N–H and O–H groups in total. The van der Waals surface area contributed by atoms with Gasteiger partial charge in [-0.25, -0.2) is 14.2 Å². The summed E-state index contributed by atoms with van der Waals surface area (Å²) in [5.74, 6) is -2.02. The molecule has 0 radical (unpaired) electrons.